The maximum atomic E-state index is 11.5. The van der Waals surface area contributed by atoms with Crippen LogP contribution in [0.15, 0.2) is 29.3 Å². The lowest BCUT2D eigenvalue weighted by molar-refractivity contribution is -0.120. The van der Waals surface area contributed by atoms with Gasteiger partial charge in [-0.1, -0.05) is 12.1 Å². The van der Waals surface area contributed by atoms with Gasteiger partial charge in [-0.3, -0.25) is 9.79 Å². The van der Waals surface area contributed by atoms with Crippen LogP contribution in [0.25, 0.3) is 0 Å². The minimum Gasteiger partial charge on any atom is -0.385 e. The van der Waals surface area contributed by atoms with E-state index in [2.05, 4.69) is 62.1 Å². The highest BCUT2D eigenvalue weighted by atomic mass is 16.5. The van der Waals surface area contributed by atoms with Crippen LogP contribution in [-0.4, -0.2) is 83.8 Å². The van der Waals surface area contributed by atoms with E-state index in [0.717, 1.165) is 50.9 Å². The van der Waals surface area contributed by atoms with Gasteiger partial charge in [0.25, 0.3) is 0 Å². The Morgan fingerprint density at radius 1 is 1.29 bits per heavy atom. The molecule has 0 aromatic heterocycles. The monoisotopic (exact) mass is 390 g/mol. The summed E-state index contributed by atoms with van der Waals surface area (Å²) in [7, 11) is 5.63. The summed E-state index contributed by atoms with van der Waals surface area (Å²) in [6, 6.07) is 8.32. The maximum Gasteiger partial charge on any atom is 0.239 e. The fourth-order valence-electron chi connectivity index (χ4n) is 3.05. The molecular weight excluding hydrogens is 356 g/mol. The van der Waals surface area contributed by atoms with E-state index in [1.54, 1.807) is 14.2 Å². The van der Waals surface area contributed by atoms with Crippen LogP contribution < -0.4 is 20.9 Å². The number of guanidine groups is 1. The Bertz CT molecular complexity index is 620. The number of likely N-dealkylation sites (N-methyl/N-ethyl adjacent to an activating group) is 1. The number of nitrogens with zero attached hydrogens (tertiary/aromatic N) is 3. The summed E-state index contributed by atoms with van der Waals surface area (Å²) in [5.74, 6) is 0.873. The molecular formula is C20H34N6O2. The number of nitrogens with one attached hydrogen (secondary N) is 3. The second-order valence-electron chi connectivity index (χ2n) is 6.94. The number of hydrogen-bond donors (Lipinski definition) is 3. The van der Waals surface area contributed by atoms with E-state index in [1.807, 2.05) is 0 Å². The highest BCUT2D eigenvalue weighted by Gasteiger charge is 2.16. The van der Waals surface area contributed by atoms with Crippen molar-refractivity contribution in [2.75, 3.05) is 72.0 Å². The molecule has 0 unspecified atom stereocenters. The first kappa shape index (κ1) is 22.0. The largest absolute Gasteiger partial charge is 0.385 e. The van der Waals surface area contributed by atoms with Crippen LogP contribution in [0, 0.1) is 0 Å². The molecule has 156 valence electrons. The van der Waals surface area contributed by atoms with Gasteiger partial charge >= 0.3 is 0 Å². The zero-order valence-corrected chi connectivity index (χ0v) is 17.3. The quantitative estimate of drug-likeness (QED) is 0.302. The van der Waals surface area contributed by atoms with E-state index in [0.29, 0.717) is 19.6 Å². The molecule has 1 aromatic rings. The van der Waals surface area contributed by atoms with Gasteiger partial charge in [-0.15, -0.1) is 0 Å². The molecule has 0 spiro atoms. The van der Waals surface area contributed by atoms with Crippen LogP contribution in [0.5, 0.6) is 0 Å². The summed E-state index contributed by atoms with van der Waals surface area (Å²) in [5, 5.41) is 9.53. The van der Waals surface area contributed by atoms with E-state index in [9.17, 15) is 4.79 Å². The summed E-state index contributed by atoms with van der Waals surface area (Å²) in [6.45, 7) is 6.27. The summed E-state index contributed by atoms with van der Waals surface area (Å²) in [5.41, 5.74) is 2.25. The number of amides is 1. The van der Waals surface area contributed by atoms with Crippen molar-refractivity contribution >= 4 is 17.6 Å². The van der Waals surface area contributed by atoms with Crippen LogP contribution >= 0.6 is 0 Å². The summed E-state index contributed by atoms with van der Waals surface area (Å²) >= 11 is 0. The SMILES string of the molecule is CN=C(NCCN(C)CCCOC)NCc1ccc(N2CCNC(=O)C2)cc1. The first-order valence-electron chi connectivity index (χ1n) is 9.85. The predicted molar refractivity (Wildman–Crippen MR) is 114 cm³/mol. The number of anilines is 1. The number of methoxy groups -OCH3 is 1. The molecule has 28 heavy (non-hydrogen) atoms. The number of carbonyl (C=O) groups excluding carboxylic acids is 1. The number of piperazine rings is 1. The molecule has 1 aliphatic rings. The number of benzene rings is 1. The molecule has 3 N–H and O–H groups in total. The van der Waals surface area contributed by atoms with Crippen molar-refractivity contribution in [3.05, 3.63) is 29.8 Å². The minimum atomic E-state index is 0.0798. The van der Waals surface area contributed by atoms with Crippen molar-refractivity contribution in [2.45, 2.75) is 13.0 Å². The fourth-order valence-corrected chi connectivity index (χ4v) is 3.05. The zero-order valence-electron chi connectivity index (χ0n) is 17.3. The third-order valence-electron chi connectivity index (χ3n) is 4.70. The van der Waals surface area contributed by atoms with Gasteiger partial charge < -0.3 is 30.5 Å². The molecule has 1 aliphatic heterocycles. The first-order chi connectivity index (χ1) is 13.6. The molecule has 1 aromatic carbocycles. The Kier molecular flexibility index (Phi) is 9.57. The van der Waals surface area contributed by atoms with Gasteiger partial charge in [-0.2, -0.15) is 0 Å². The van der Waals surface area contributed by atoms with Gasteiger partial charge in [0.15, 0.2) is 5.96 Å². The molecule has 1 heterocycles. The second-order valence-corrected chi connectivity index (χ2v) is 6.94. The first-order valence-corrected chi connectivity index (χ1v) is 9.85. The highest BCUT2D eigenvalue weighted by molar-refractivity contribution is 5.82. The molecule has 1 saturated heterocycles. The van der Waals surface area contributed by atoms with Crippen LogP contribution in [0.3, 0.4) is 0 Å². The van der Waals surface area contributed by atoms with Crippen molar-refractivity contribution in [1.29, 1.82) is 0 Å². The highest BCUT2D eigenvalue weighted by Crippen LogP contribution is 2.15. The van der Waals surface area contributed by atoms with Crippen LogP contribution in [0.2, 0.25) is 0 Å². The Labute approximate surface area is 168 Å². The normalized spacial score (nSPS) is 14.9. The van der Waals surface area contributed by atoms with Crippen molar-refractivity contribution in [3.8, 4) is 0 Å². The third-order valence-corrected chi connectivity index (χ3v) is 4.70. The standard InChI is InChI=1S/C20H34N6O2/c1-21-20(23-9-12-25(2)11-4-14-28-3)24-15-17-5-7-18(8-6-17)26-13-10-22-19(27)16-26/h5-8H,4,9-16H2,1-3H3,(H,22,27)(H2,21,23,24). The van der Waals surface area contributed by atoms with E-state index >= 15 is 0 Å². The molecule has 0 radical (unpaired) electrons. The topological polar surface area (TPSA) is 81.2 Å². The zero-order chi connectivity index (χ0) is 20.2. The van der Waals surface area contributed by atoms with Crippen LogP contribution in [0.4, 0.5) is 5.69 Å². The van der Waals surface area contributed by atoms with E-state index < -0.39 is 0 Å². The van der Waals surface area contributed by atoms with Gasteiger partial charge in [-0.25, -0.2) is 0 Å². The Balaban J connectivity index is 1.70. The Hall–Kier alpha value is -2.32. The van der Waals surface area contributed by atoms with Gasteiger partial charge in [0.1, 0.15) is 0 Å². The molecule has 1 amide bonds. The predicted octanol–water partition coefficient (Wildman–Crippen LogP) is 0.256. The third kappa shape index (κ3) is 7.74. The van der Waals surface area contributed by atoms with Gasteiger partial charge in [0.2, 0.25) is 5.91 Å². The molecule has 8 heteroatoms. The lowest BCUT2D eigenvalue weighted by Gasteiger charge is -2.28. The summed E-state index contributed by atoms with van der Waals surface area (Å²) < 4.78 is 5.08. The molecule has 1 fully saturated rings. The summed E-state index contributed by atoms with van der Waals surface area (Å²) in [4.78, 5) is 20.2. The molecule has 0 atom stereocenters. The lowest BCUT2D eigenvalue weighted by atomic mass is 10.2. The minimum absolute atomic E-state index is 0.0798. The molecule has 8 nitrogen and oxygen atoms in total. The molecule has 0 saturated carbocycles. The van der Waals surface area contributed by atoms with E-state index in [-0.39, 0.29) is 5.91 Å². The second kappa shape index (κ2) is 12.2. The van der Waals surface area contributed by atoms with Crippen molar-refractivity contribution in [1.82, 2.24) is 20.9 Å². The number of rotatable bonds is 10. The smallest absolute Gasteiger partial charge is 0.239 e. The van der Waals surface area contributed by atoms with Crippen molar-refractivity contribution in [3.63, 3.8) is 0 Å². The van der Waals surface area contributed by atoms with Gasteiger partial charge in [0.05, 0.1) is 6.54 Å². The van der Waals surface area contributed by atoms with Crippen LogP contribution in [0.1, 0.15) is 12.0 Å². The van der Waals surface area contributed by atoms with Crippen molar-refractivity contribution < 1.29 is 9.53 Å². The Morgan fingerprint density at radius 3 is 2.75 bits per heavy atom. The number of ether oxygens (including phenoxy) is 1. The van der Waals surface area contributed by atoms with Crippen molar-refractivity contribution in [2.24, 2.45) is 4.99 Å². The van der Waals surface area contributed by atoms with E-state index in [4.69, 9.17) is 4.74 Å². The Morgan fingerprint density at radius 2 is 2.07 bits per heavy atom. The van der Waals surface area contributed by atoms with Gasteiger partial charge in [-0.05, 0) is 31.2 Å². The number of carbonyl (C=O) groups is 1. The summed E-state index contributed by atoms with van der Waals surface area (Å²) in [6.07, 6.45) is 1.04. The number of aliphatic imine (C=N–C) groups is 1. The fraction of sp³-hybridized carbons (Fsp3) is 0.600. The van der Waals surface area contributed by atoms with Gasteiger partial charge in [0, 0.05) is 65.7 Å². The average Bonchev–Trinajstić information content (AvgIpc) is 2.71. The molecule has 2 rings (SSSR count). The van der Waals surface area contributed by atoms with Crippen LogP contribution in [-0.2, 0) is 16.1 Å². The molecule has 0 bridgehead atoms. The lowest BCUT2D eigenvalue weighted by Crippen LogP contribution is -2.47. The number of hydrogen-bond acceptors (Lipinski definition) is 5. The average molecular weight is 391 g/mol. The molecule has 0 aliphatic carbocycles. The maximum absolute atomic E-state index is 11.5. The van der Waals surface area contributed by atoms with E-state index in [1.165, 1.54) is 5.56 Å².